The molecule has 0 aliphatic carbocycles. The molecule has 0 saturated carbocycles. The summed E-state index contributed by atoms with van der Waals surface area (Å²) in [4.78, 5) is 12.0. The van der Waals surface area contributed by atoms with Crippen LogP contribution < -0.4 is 10.3 Å². The zero-order valence-electron chi connectivity index (χ0n) is 11.5. The molecule has 0 atom stereocenters. The minimum atomic E-state index is 0.0152. The molecule has 0 aliphatic heterocycles. The third-order valence-corrected chi connectivity index (χ3v) is 3.73. The van der Waals surface area contributed by atoms with Crippen molar-refractivity contribution >= 4 is 15.9 Å². The monoisotopic (exact) mass is 333 g/mol. The molecule has 0 aliphatic rings. The van der Waals surface area contributed by atoms with Crippen molar-refractivity contribution in [1.82, 2.24) is 4.57 Å². The minimum absolute atomic E-state index is 0.0152. The molecule has 0 fully saturated rings. The van der Waals surface area contributed by atoms with Crippen LogP contribution in [0.1, 0.15) is 5.56 Å². The Balaban J connectivity index is 2.46. The fraction of sp³-hybridized carbons (Fsp3) is 0.188. The Morgan fingerprint density at radius 3 is 2.75 bits per heavy atom. The third kappa shape index (κ3) is 2.85. The van der Waals surface area contributed by atoms with Crippen molar-refractivity contribution in [2.75, 3.05) is 6.61 Å². The first-order chi connectivity index (χ1) is 9.54. The Bertz CT molecular complexity index is 704. The number of halogens is 1. The highest BCUT2D eigenvalue weighted by atomic mass is 79.9. The molecule has 0 spiro atoms. The molecular weight excluding hydrogens is 318 g/mol. The summed E-state index contributed by atoms with van der Waals surface area (Å²) in [6, 6.07) is 9.50. The molecule has 0 bridgehead atoms. The lowest BCUT2D eigenvalue weighted by Crippen LogP contribution is -2.20. The lowest BCUT2D eigenvalue weighted by molar-refractivity contribution is 0.363. The molecule has 3 nitrogen and oxygen atoms in total. The van der Waals surface area contributed by atoms with Crippen molar-refractivity contribution in [2.24, 2.45) is 7.05 Å². The van der Waals surface area contributed by atoms with E-state index in [1.54, 1.807) is 17.7 Å². The van der Waals surface area contributed by atoms with E-state index in [2.05, 4.69) is 22.5 Å². The van der Waals surface area contributed by atoms with E-state index in [1.165, 1.54) is 0 Å². The van der Waals surface area contributed by atoms with Gasteiger partial charge in [0.25, 0.3) is 5.56 Å². The van der Waals surface area contributed by atoms with Crippen molar-refractivity contribution in [3.63, 3.8) is 0 Å². The van der Waals surface area contributed by atoms with Crippen LogP contribution in [-0.4, -0.2) is 11.2 Å². The molecular formula is C16H16BrNO2. The van der Waals surface area contributed by atoms with Gasteiger partial charge >= 0.3 is 0 Å². The second kappa shape index (κ2) is 6.09. The molecule has 2 aromatic rings. The molecule has 1 aromatic carbocycles. The van der Waals surface area contributed by atoms with Crippen molar-refractivity contribution in [1.29, 1.82) is 0 Å². The van der Waals surface area contributed by atoms with Gasteiger partial charge in [0.1, 0.15) is 12.4 Å². The molecule has 2 rings (SSSR count). The molecule has 0 amide bonds. The Labute approximate surface area is 126 Å². The summed E-state index contributed by atoms with van der Waals surface area (Å²) >= 11 is 3.53. The Hall–Kier alpha value is -1.81. The Morgan fingerprint density at radius 1 is 1.35 bits per heavy atom. The van der Waals surface area contributed by atoms with E-state index in [0.717, 1.165) is 27.0 Å². The van der Waals surface area contributed by atoms with Gasteiger partial charge in [-0.05, 0) is 47.1 Å². The van der Waals surface area contributed by atoms with Crippen LogP contribution in [0, 0.1) is 6.92 Å². The van der Waals surface area contributed by atoms with Crippen LogP contribution in [0.2, 0.25) is 0 Å². The Morgan fingerprint density at radius 2 is 2.10 bits per heavy atom. The summed E-state index contributed by atoms with van der Waals surface area (Å²) in [7, 11) is 1.78. The molecule has 4 heteroatoms. The molecule has 0 radical (unpaired) electrons. The van der Waals surface area contributed by atoms with Gasteiger partial charge in [0, 0.05) is 22.6 Å². The van der Waals surface area contributed by atoms with Gasteiger partial charge in [0.15, 0.2) is 0 Å². The maximum Gasteiger partial charge on any atom is 0.253 e. The summed E-state index contributed by atoms with van der Waals surface area (Å²) < 4.78 is 8.02. The highest BCUT2D eigenvalue weighted by Crippen LogP contribution is 2.30. The minimum Gasteiger partial charge on any atom is -0.490 e. The van der Waals surface area contributed by atoms with Crippen LogP contribution in [0.15, 0.2) is 52.3 Å². The van der Waals surface area contributed by atoms with E-state index in [1.807, 2.05) is 37.3 Å². The van der Waals surface area contributed by atoms with Gasteiger partial charge in [-0.25, -0.2) is 0 Å². The summed E-state index contributed by atoms with van der Waals surface area (Å²) in [5, 5.41) is 0. The van der Waals surface area contributed by atoms with Crippen molar-refractivity contribution in [3.05, 3.63) is 63.4 Å². The SMILES string of the molecule is C=CCOc1ccc(-c2ccc(C)c(=O)n2C)c(Br)c1. The van der Waals surface area contributed by atoms with Crippen LogP contribution in [0.3, 0.4) is 0 Å². The maximum absolute atomic E-state index is 12.0. The van der Waals surface area contributed by atoms with E-state index in [4.69, 9.17) is 4.74 Å². The number of ether oxygens (including phenoxy) is 1. The first-order valence-electron chi connectivity index (χ1n) is 6.25. The van der Waals surface area contributed by atoms with E-state index in [0.29, 0.717) is 6.61 Å². The predicted molar refractivity (Wildman–Crippen MR) is 85.2 cm³/mol. The zero-order chi connectivity index (χ0) is 14.7. The summed E-state index contributed by atoms with van der Waals surface area (Å²) in [5.74, 6) is 0.762. The van der Waals surface area contributed by atoms with Gasteiger partial charge in [-0.1, -0.05) is 18.7 Å². The fourth-order valence-electron chi connectivity index (χ4n) is 1.98. The highest BCUT2D eigenvalue weighted by molar-refractivity contribution is 9.10. The average molecular weight is 334 g/mol. The standard InChI is InChI=1S/C16H16BrNO2/c1-4-9-20-12-6-7-13(14(17)10-12)15-8-5-11(2)16(19)18(15)3/h4-8,10H,1,9H2,2-3H3. The maximum atomic E-state index is 12.0. The predicted octanol–water partition coefficient (Wildman–Crippen LogP) is 3.69. The normalized spacial score (nSPS) is 10.3. The quantitative estimate of drug-likeness (QED) is 0.799. The van der Waals surface area contributed by atoms with Crippen molar-refractivity contribution in [2.45, 2.75) is 6.92 Å². The average Bonchev–Trinajstić information content (AvgIpc) is 2.44. The number of benzene rings is 1. The summed E-state index contributed by atoms with van der Waals surface area (Å²) in [6.07, 6.45) is 1.70. The zero-order valence-corrected chi connectivity index (χ0v) is 13.1. The summed E-state index contributed by atoms with van der Waals surface area (Å²) in [5.41, 5.74) is 2.57. The second-order valence-electron chi connectivity index (χ2n) is 4.51. The molecule has 1 heterocycles. The van der Waals surface area contributed by atoms with E-state index in [9.17, 15) is 4.79 Å². The molecule has 0 unspecified atom stereocenters. The van der Waals surface area contributed by atoms with Gasteiger partial charge in [0.2, 0.25) is 0 Å². The Kier molecular flexibility index (Phi) is 4.45. The number of aromatic nitrogens is 1. The van der Waals surface area contributed by atoms with Crippen LogP contribution in [0.25, 0.3) is 11.3 Å². The van der Waals surface area contributed by atoms with Crippen LogP contribution in [0.4, 0.5) is 0 Å². The lowest BCUT2D eigenvalue weighted by Gasteiger charge is -2.12. The van der Waals surface area contributed by atoms with Crippen LogP contribution >= 0.6 is 15.9 Å². The van der Waals surface area contributed by atoms with Crippen LogP contribution in [0.5, 0.6) is 5.75 Å². The largest absolute Gasteiger partial charge is 0.490 e. The topological polar surface area (TPSA) is 31.2 Å². The first kappa shape index (κ1) is 14.6. The third-order valence-electron chi connectivity index (χ3n) is 3.08. The second-order valence-corrected chi connectivity index (χ2v) is 5.36. The number of hydrogen-bond donors (Lipinski definition) is 0. The van der Waals surface area contributed by atoms with Gasteiger partial charge in [-0.3, -0.25) is 4.79 Å². The van der Waals surface area contributed by atoms with Crippen molar-refractivity contribution < 1.29 is 4.74 Å². The number of hydrogen-bond acceptors (Lipinski definition) is 2. The van der Waals surface area contributed by atoms with Crippen molar-refractivity contribution in [3.8, 4) is 17.0 Å². The summed E-state index contributed by atoms with van der Waals surface area (Å²) in [6.45, 7) is 5.90. The van der Waals surface area contributed by atoms with Crippen LogP contribution in [-0.2, 0) is 7.05 Å². The fourth-order valence-corrected chi connectivity index (χ4v) is 2.54. The van der Waals surface area contributed by atoms with Gasteiger partial charge < -0.3 is 9.30 Å². The number of aryl methyl sites for hydroxylation is 1. The first-order valence-corrected chi connectivity index (χ1v) is 7.04. The smallest absolute Gasteiger partial charge is 0.253 e. The molecule has 104 valence electrons. The van der Waals surface area contributed by atoms with Gasteiger partial charge in [-0.15, -0.1) is 0 Å². The molecule has 0 N–H and O–H groups in total. The number of nitrogens with zero attached hydrogens (tertiary/aromatic N) is 1. The van der Waals surface area contributed by atoms with Gasteiger partial charge in [0.05, 0.1) is 5.69 Å². The molecule has 20 heavy (non-hydrogen) atoms. The van der Waals surface area contributed by atoms with E-state index >= 15 is 0 Å². The van der Waals surface area contributed by atoms with Gasteiger partial charge in [-0.2, -0.15) is 0 Å². The highest BCUT2D eigenvalue weighted by Gasteiger charge is 2.09. The number of pyridine rings is 1. The van der Waals surface area contributed by atoms with E-state index in [-0.39, 0.29) is 5.56 Å². The number of rotatable bonds is 4. The lowest BCUT2D eigenvalue weighted by atomic mass is 10.1. The van der Waals surface area contributed by atoms with E-state index < -0.39 is 0 Å². The molecule has 1 aromatic heterocycles. The molecule has 0 saturated heterocycles.